The number of hydrogen-bond acceptors (Lipinski definition) is 2. The summed E-state index contributed by atoms with van der Waals surface area (Å²) < 4.78 is 0. The molecule has 0 spiro atoms. The smallest absolute Gasteiger partial charge is 0.178 e. The van der Waals surface area contributed by atoms with Crippen molar-refractivity contribution < 1.29 is 0 Å². The number of anilines is 1. The minimum atomic E-state index is 0.166. The average molecular weight is 380 g/mol. The molecule has 0 fully saturated rings. The lowest BCUT2D eigenvalue weighted by molar-refractivity contribution is 0.414. The van der Waals surface area contributed by atoms with Gasteiger partial charge in [-0.2, -0.15) is 0 Å². The molecule has 3 heteroatoms. The van der Waals surface area contributed by atoms with Gasteiger partial charge in [-0.05, 0) is 61.3 Å². The van der Waals surface area contributed by atoms with Crippen molar-refractivity contribution in [3.8, 4) is 12.3 Å². The molecule has 0 aliphatic carbocycles. The largest absolute Gasteiger partial charge is 0.333 e. The van der Waals surface area contributed by atoms with Gasteiger partial charge in [-0.3, -0.25) is 4.99 Å². The van der Waals surface area contributed by atoms with Crippen molar-refractivity contribution >= 4 is 23.2 Å². The number of benzene rings is 1. The molecule has 0 bridgehead atoms. The Morgan fingerprint density at radius 1 is 1.39 bits per heavy atom. The maximum Gasteiger partial charge on any atom is 0.178 e. The Morgan fingerprint density at radius 2 is 2.14 bits per heavy atom. The van der Waals surface area contributed by atoms with Crippen LogP contribution in [-0.2, 0) is 0 Å². The standard InChI is InChI=1S/C25H37N3/c1-7-11-12-19(5)17-23(26)15-16-27-25(10-4)28-24-18-22(20(6)8-2)14-13-21(24)9-3/h4,8-9,13-14,18-19,23H,3,7,11-12,15-17,26H2,1-2,5-6H3,(H,27,28)/b20-8+. The fraction of sp³-hybridized carbons (Fsp3) is 0.480. The van der Waals surface area contributed by atoms with Crippen LogP contribution in [-0.4, -0.2) is 18.4 Å². The third-order valence-electron chi connectivity index (χ3n) is 5.08. The lowest BCUT2D eigenvalue weighted by Crippen LogP contribution is -2.24. The van der Waals surface area contributed by atoms with Crippen LogP contribution in [0.15, 0.2) is 35.8 Å². The van der Waals surface area contributed by atoms with Gasteiger partial charge < -0.3 is 11.1 Å². The third kappa shape index (κ3) is 8.15. The first kappa shape index (κ1) is 23.7. The highest BCUT2D eigenvalue weighted by Crippen LogP contribution is 2.23. The van der Waals surface area contributed by atoms with Gasteiger partial charge >= 0.3 is 0 Å². The van der Waals surface area contributed by atoms with E-state index < -0.39 is 0 Å². The van der Waals surface area contributed by atoms with Crippen LogP contribution in [0.25, 0.3) is 11.6 Å². The van der Waals surface area contributed by atoms with Crippen molar-refractivity contribution in [3.05, 3.63) is 42.0 Å². The second-order valence-electron chi connectivity index (χ2n) is 7.51. The van der Waals surface area contributed by atoms with E-state index >= 15 is 0 Å². The van der Waals surface area contributed by atoms with Crippen molar-refractivity contribution in [2.45, 2.75) is 65.8 Å². The SMILES string of the molecule is C#CC(=NCCC(N)CC(C)CCCC)Nc1cc(/C(C)=C/C)ccc1C=C. The van der Waals surface area contributed by atoms with Crippen molar-refractivity contribution in [3.63, 3.8) is 0 Å². The van der Waals surface area contributed by atoms with Crippen molar-refractivity contribution in [1.29, 1.82) is 0 Å². The molecule has 1 aromatic rings. The van der Waals surface area contributed by atoms with Gasteiger partial charge in [-0.15, -0.1) is 6.42 Å². The molecule has 0 aliphatic rings. The number of unbranched alkanes of at least 4 members (excludes halogenated alkanes) is 1. The van der Waals surface area contributed by atoms with Crippen LogP contribution in [0.5, 0.6) is 0 Å². The first-order valence-electron chi connectivity index (χ1n) is 10.4. The normalized spacial score (nSPS) is 14.3. The zero-order valence-corrected chi connectivity index (χ0v) is 18.1. The fourth-order valence-corrected chi connectivity index (χ4v) is 3.15. The lowest BCUT2D eigenvalue weighted by Gasteiger charge is -2.16. The molecular formula is C25H37N3. The first-order chi connectivity index (χ1) is 13.4. The Balaban J connectivity index is 2.73. The van der Waals surface area contributed by atoms with Gasteiger partial charge in [0.05, 0.1) is 0 Å². The molecule has 1 rings (SSSR count). The Bertz CT molecular complexity index is 722. The summed E-state index contributed by atoms with van der Waals surface area (Å²) in [5.41, 5.74) is 10.6. The molecular weight excluding hydrogens is 342 g/mol. The predicted octanol–water partition coefficient (Wildman–Crippen LogP) is 6.13. The Morgan fingerprint density at radius 3 is 2.75 bits per heavy atom. The van der Waals surface area contributed by atoms with E-state index in [1.54, 1.807) is 0 Å². The van der Waals surface area contributed by atoms with Gasteiger partial charge in [0.15, 0.2) is 5.84 Å². The summed E-state index contributed by atoms with van der Waals surface area (Å²) in [5, 5.41) is 3.28. The van der Waals surface area contributed by atoms with E-state index in [4.69, 9.17) is 12.2 Å². The minimum absolute atomic E-state index is 0.166. The highest BCUT2D eigenvalue weighted by Gasteiger charge is 2.09. The second-order valence-corrected chi connectivity index (χ2v) is 7.51. The third-order valence-corrected chi connectivity index (χ3v) is 5.08. The molecule has 3 nitrogen and oxygen atoms in total. The van der Waals surface area contributed by atoms with Gasteiger partial charge in [-0.25, -0.2) is 0 Å². The van der Waals surface area contributed by atoms with E-state index in [1.165, 1.54) is 24.8 Å². The van der Waals surface area contributed by atoms with E-state index in [2.05, 4.69) is 61.8 Å². The minimum Gasteiger partial charge on any atom is -0.333 e. The molecule has 0 saturated carbocycles. The zero-order valence-electron chi connectivity index (χ0n) is 18.1. The summed E-state index contributed by atoms with van der Waals surface area (Å²) in [5.74, 6) is 3.85. The van der Waals surface area contributed by atoms with Crippen molar-refractivity contribution in [2.75, 3.05) is 11.9 Å². The van der Waals surface area contributed by atoms with Crippen molar-refractivity contribution in [1.82, 2.24) is 0 Å². The zero-order chi connectivity index (χ0) is 20.9. The van der Waals surface area contributed by atoms with Gasteiger partial charge in [0.2, 0.25) is 0 Å². The number of nitrogens with two attached hydrogens (primary N) is 1. The fourth-order valence-electron chi connectivity index (χ4n) is 3.15. The van der Waals surface area contributed by atoms with Crippen LogP contribution >= 0.6 is 0 Å². The summed E-state index contributed by atoms with van der Waals surface area (Å²) in [6.45, 7) is 13.1. The summed E-state index contributed by atoms with van der Waals surface area (Å²) in [6, 6.07) is 6.38. The molecule has 2 atom stereocenters. The number of nitrogens with zero attached hydrogens (tertiary/aromatic N) is 1. The van der Waals surface area contributed by atoms with Crippen LogP contribution in [0.2, 0.25) is 0 Å². The Labute approximate surface area is 172 Å². The van der Waals surface area contributed by atoms with Crippen LogP contribution in [0.4, 0.5) is 5.69 Å². The monoisotopic (exact) mass is 379 g/mol. The number of amidine groups is 1. The van der Waals surface area contributed by atoms with Crippen LogP contribution < -0.4 is 11.1 Å². The van der Waals surface area contributed by atoms with Crippen LogP contribution in [0.3, 0.4) is 0 Å². The molecule has 2 unspecified atom stereocenters. The molecule has 0 aliphatic heterocycles. The summed E-state index contributed by atoms with van der Waals surface area (Å²) in [6.07, 6.45) is 15.2. The molecule has 3 N–H and O–H groups in total. The average Bonchev–Trinajstić information content (AvgIpc) is 2.70. The molecule has 28 heavy (non-hydrogen) atoms. The highest BCUT2D eigenvalue weighted by atomic mass is 15.0. The van der Waals surface area contributed by atoms with E-state index in [-0.39, 0.29) is 6.04 Å². The molecule has 152 valence electrons. The number of hydrogen-bond donors (Lipinski definition) is 2. The van der Waals surface area contributed by atoms with E-state index in [0.717, 1.165) is 29.7 Å². The summed E-state index contributed by atoms with van der Waals surface area (Å²) in [4.78, 5) is 4.56. The molecule has 0 amide bonds. The number of nitrogens with one attached hydrogen (secondary N) is 1. The van der Waals surface area contributed by atoms with Gasteiger partial charge in [0.25, 0.3) is 0 Å². The maximum absolute atomic E-state index is 6.28. The summed E-state index contributed by atoms with van der Waals surface area (Å²) in [7, 11) is 0. The maximum atomic E-state index is 6.28. The summed E-state index contributed by atoms with van der Waals surface area (Å²) >= 11 is 0. The van der Waals surface area contributed by atoms with Gasteiger partial charge in [-0.1, -0.05) is 64.0 Å². The van der Waals surface area contributed by atoms with Crippen LogP contribution in [0, 0.1) is 18.3 Å². The number of terminal acetylenes is 1. The van der Waals surface area contributed by atoms with Gasteiger partial charge in [0.1, 0.15) is 0 Å². The number of allylic oxidation sites excluding steroid dienone is 2. The first-order valence-corrected chi connectivity index (χ1v) is 10.4. The molecule has 0 saturated heterocycles. The quantitative estimate of drug-likeness (QED) is 0.276. The Hall–Kier alpha value is -2.31. The lowest BCUT2D eigenvalue weighted by atomic mass is 9.95. The van der Waals surface area contributed by atoms with E-state index in [0.29, 0.717) is 18.3 Å². The topological polar surface area (TPSA) is 50.4 Å². The molecule has 0 aromatic heterocycles. The molecule has 0 radical (unpaired) electrons. The van der Waals surface area contributed by atoms with E-state index in [1.807, 2.05) is 19.1 Å². The van der Waals surface area contributed by atoms with Crippen molar-refractivity contribution in [2.24, 2.45) is 16.6 Å². The van der Waals surface area contributed by atoms with Crippen LogP contribution in [0.1, 0.15) is 70.9 Å². The highest BCUT2D eigenvalue weighted by molar-refractivity contribution is 6.08. The Kier molecular flexibility index (Phi) is 11.0. The molecule has 1 aromatic carbocycles. The number of rotatable bonds is 11. The molecule has 0 heterocycles. The predicted molar refractivity (Wildman–Crippen MR) is 127 cm³/mol. The van der Waals surface area contributed by atoms with Gasteiger partial charge in [0, 0.05) is 18.3 Å². The number of aliphatic imine (C=N–C) groups is 1. The second kappa shape index (κ2) is 13.0. The van der Waals surface area contributed by atoms with E-state index in [9.17, 15) is 0 Å².